The van der Waals surface area contributed by atoms with Crippen molar-refractivity contribution < 1.29 is 14.6 Å². The lowest BCUT2D eigenvalue weighted by Gasteiger charge is -2.35. The van der Waals surface area contributed by atoms with Gasteiger partial charge in [0.15, 0.2) is 0 Å². The standard InChI is InChI=1S/C13H23NO3/c1-3-5-14(6-7-15)13(16)10-11-8-12(9-11)17-4-2/h3,11-12,15H,1,4-10H2,2H3. The van der Waals surface area contributed by atoms with Gasteiger partial charge in [-0.1, -0.05) is 6.08 Å². The van der Waals surface area contributed by atoms with Crippen LogP contribution in [0.5, 0.6) is 0 Å². The Hall–Kier alpha value is -0.870. The van der Waals surface area contributed by atoms with E-state index in [4.69, 9.17) is 9.84 Å². The van der Waals surface area contributed by atoms with Gasteiger partial charge in [0.05, 0.1) is 12.7 Å². The number of hydrogen-bond donors (Lipinski definition) is 1. The number of carbonyl (C=O) groups is 1. The van der Waals surface area contributed by atoms with E-state index in [-0.39, 0.29) is 12.5 Å². The van der Waals surface area contributed by atoms with Crippen molar-refractivity contribution in [2.45, 2.75) is 32.3 Å². The van der Waals surface area contributed by atoms with Crippen LogP contribution in [-0.4, -0.2) is 48.3 Å². The minimum absolute atomic E-state index is 0.00577. The highest BCUT2D eigenvalue weighted by Crippen LogP contribution is 2.33. The molecule has 4 nitrogen and oxygen atoms in total. The highest BCUT2D eigenvalue weighted by molar-refractivity contribution is 5.76. The third-order valence-electron chi connectivity index (χ3n) is 3.13. The zero-order chi connectivity index (χ0) is 12.7. The Bertz CT molecular complexity index is 249. The molecule has 0 unspecified atom stereocenters. The van der Waals surface area contributed by atoms with Crippen LogP contribution in [0.15, 0.2) is 12.7 Å². The second kappa shape index (κ2) is 7.45. The van der Waals surface area contributed by atoms with Crippen LogP contribution in [0.2, 0.25) is 0 Å². The monoisotopic (exact) mass is 241 g/mol. The van der Waals surface area contributed by atoms with E-state index in [1.807, 2.05) is 6.92 Å². The van der Waals surface area contributed by atoms with Crippen molar-refractivity contribution in [3.8, 4) is 0 Å². The molecule has 1 rings (SSSR count). The molecule has 17 heavy (non-hydrogen) atoms. The average Bonchev–Trinajstić information content (AvgIpc) is 2.26. The number of rotatable bonds is 8. The fraction of sp³-hybridized carbons (Fsp3) is 0.769. The molecule has 0 aromatic rings. The Morgan fingerprint density at radius 3 is 2.82 bits per heavy atom. The smallest absolute Gasteiger partial charge is 0.223 e. The Balaban J connectivity index is 2.26. The number of aliphatic hydroxyl groups is 1. The summed E-state index contributed by atoms with van der Waals surface area (Å²) >= 11 is 0. The number of amides is 1. The highest BCUT2D eigenvalue weighted by Gasteiger charge is 2.31. The molecular weight excluding hydrogens is 218 g/mol. The third kappa shape index (κ3) is 4.48. The summed E-state index contributed by atoms with van der Waals surface area (Å²) in [6, 6.07) is 0. The van der Waals surface area contributed by atoms with E-state index in [2.05, 4.69) is 6.58 Å². The van der Waals surface area contributed by atoms with Gasteiger partial charge in [0.2, 0.25) is 5.91 Å². The van der Waals surface area contributed by atoms with Gasteiger partial charge in [-0.25, -0.2) is 0 Å². The number of hydrogen-bond acceptors (Lipinski definition) is 3. The van der Waals surface area contributed by atoms with Crippen molar-refractivity contribution in [1.29, 1.82) is 0 Å². The van der Waals surface area contributed by atoms with Crippen LogP contribution in [0.1, 0.15) is 26.2 Å². The molecule has 4 heteroatoms. The summed E-state index contributed by atoms with van der Waals surface area (Å²) in [6.45, 7) is 7.28. The van der Waals surface area contributed by atoms with Gasteiger partial charge in [-0.3, -0.25) is 4.79 Å². The highest BCUT2D eigenvalue weighted by atomic mass is 16.5. The maximum absolute atomic E-state index is 11.9. The number of aliphatic hydroxyl groups excluding tert-OH is 1. The van der Waals surface area contributed by atoms with Crippen molar-refractivity contribution in [1.82, 2.24) is 4.90 Å². The third-order valence-corrected chi connectivity index (χ3v) is 3.13. The van der Waals surface area contributed by atoms with Crippen molar-refractivity contribution in [2.24, 2.45) is 5.92 Å². The van der Waals surface area contributed by atoms with Gasteiger partial charge in [-0.05, 0) is 25.7 Å². The van der Waals surface area contributed by atoms with Gasteiger partial charge in [0.1, 0.15) is 0 Å². The lowest BCUT2D eigenvalue weighted by Crippen LogP contribution is -2.39. The first-order chi connectivity index (χ1) is 8.21. The molecule has 98 valence electrons. The first kappa shape index (κ1) is 14.2. The van der Waals surface area contributed by atoms with Crippen molar-refractivity contribution >= 4 is 5.91 Å². The van der Waals surface area contributed by atoms with Gasteiger partial charge in [-0.15, -0.1) is 6.58 Å². The summed E-state index contributed by atoms with van der Waals surface area (Å²) in [7, 11) is 0. The maximum atomic E-state index is 11.9. The Labute approximate surface area is 103 Å². The summed E-state index contributed by atoms with van der Waals surface area (Å²) in [6.07, 6.45) is 4.58. The molecule has 1 fully saturated rings. The van der Waals surface area contributed by atoms with E-state index >= 15 is 0 Å². The number of nitrogens with zero attached hydrogens (tertiary/aromatic N) is 1. The molecule has 0 saturated heterocycles. The largest absolute Gasteiger partial charge is 0.395 e. The zero-order valence-corrected chi connectivity index (χ0v) is 10.6. The molecule has 0 aliphatic heterocycles. The van der Waals surface area contributed by atoms with Crippen molar-refractivity contribution in [2.75, 3.05) is 26.3 Å². The molecule has 0 radical (unpaired) electrons. The van der Waals surface area contributed by atoms with Crippen LogP contribution in [0.4, 0.5) is 0 Å². The van der Waals surface area contributed by atoms with Crippen LogP contribution in [0.25, 0.3) is 0 Å². The van der Waals surface area contributed by atoms with Crippen LogP contribution in [0.3, 0.4) is 0 Å². The predicted octanol–water partition coefficient (Wildman–Crippen LogP) is 1.20. The normalized spacial score (nSPS) is 22.9. The summed E-state index contributed by atoms with van der Waals surface area (Å²) in [5.74, 6) is 0.559. The zero-order valence-electron chi connectivity index (χ0n) is 10.6. The van der Waals surface area contributed by atoms with E-state index in [1.54, 1.807) is 11.0 Å². The molecule has 1 aliphatic rings. The summed E-state index contributed by atoms with van der Waals surface area (Å²) in [5.41, 5.74) is 0. The average molecular weight is 241 g/mol. The minimum atomic E-state index is 0.00577. The van der Waals surface area contributed by atoms with E-state index in [0.717, 1.165) is 19.4 Å². The summed E-state index contributed by atoms with van der Waals surface area (Å²) in [4.78, 5) is 13.6. The van der Waals surface area contributed by atoms with Crippen LogP contribution in [0, 0.1) is 5.92 Å². The Morgan fingerprint density at radius 2 is 2.29 bits per heavy atom. The van der Waals surface area contributed by atoms with Gasteiger partial charge in [-0.2, -0.15) is 0 Å². The SMILES string of the molecule is C=CCN(CCO)C(=O)CC1CC(OCC)C1. The van der Waals surface area contributed by atoms with Crippen LogP contribution < -0.4 is 0 Å². The quantitative estimate of drug-likeness (QED) is 0.650. The first-order valence-electron chi connectivity index (χ1n) is 6.32. The van der Waals surface area contributed by atoms with Gasteiger partial charge < -0.3 is 14.7 Å². The molecule has 1 amide bonds. The molecular formula is C13H23NO3. The second-order valence-corrected chi connectivity index (χ2v) is 4.47. The maximum Gasteiger partial charge on any atom is 0.223 e. The molecule has 0 aromatic heterocycles. The molecule has 1 aliphatic carbocycles. The molecule has 0 bridgehead atoms. The van der Waals surface area contributed by atoms with Crippen molar-refractivity contribution in [3.63, 3.8) is 0 Å². The Kier molecular flexibility index (Phi) is 6.22. The minimum Gasteiger partial charge on any atom is -0.395 e. The molecule has 0 atom stereocenters. The molecule has 0 aromatic carbocycles. The number of ether oxygens (including phenoxy) is 1. The first-order valence-corrected chi connectivity index (χ1v) is 6.32. The Morgan fingerprint density at radius 1 is 1.59 bits per heavy atom. The van der Waals surface area contributed by atoms with Crippen LogP contribution in [-0.2, 0) is 9.53 Å². The van der Waals surface area contributed by atoms with Crippen LogP contribution >= 0.6 is 0 Å². The van der Waals surface area contributed by atoms with Gasteiger partial charge >= 0.3 is 0 Å². The molecule has 1 saturated carbocycles. The molecule has 1 N–H and O–H groups in total. The fourth-order valence-corrected chi connectivity index (χ4v) is 2.18. The lowest BCUT2D eigenvalue weighted by atomic mass is 9.79. The van der Waals surface area contributed by atoms with Crippen molar-refractivity contribution in [3.05, 3.63) is 12.7 Å². The summed E-state index contributed by atoms with van der Waals surface area (Å²) < 4.78 is 5.46. The summed E-state index contributed by atoms with van der Waals surface area (Å²) in [5, 5.41) is 8.88. The van der Waals surface area contributed by atoms with Gasteiger partial charge in [0.25, 0.3) is 0 Å². The van der Waals surface area contributed by atoms with E-state index in [9.17, 15) is 4.79 Å². The molecule has 0 spiro atoms. The van der Waals surface area contributed by atoms with E-state index in [0.29, 0.717) is 31.5 Å². The van der Waals surface area contributed by atoms with E-state index < -0.39 is 0 Å². The van der Waals surface area contributed by atoms with Gasteiger partial charge in [0, 0.05) is 26.1 Å². The second-order valence-electron chi connectivity index (χ2n) is 4.47. The molecule has 0 heterocycles. The van der Waals surface area contributed by atoms with E-state index in [1.165, 1.54) is 0 Å². The predicted molar refractivity (Wildman–Crippen MR) is 66.6 cm³/mol. The number of carbonyl (C=O) groups excluding carboxylic acids is 1. The lowest BCUT2D eigenvalue weighted by molar-refractivity contribution is -0.134. The fourth-order valence-electron chi connectivity index (χ4n) is 2.18. The topological polar surface area (TPSA) is 49.8 Å².